The number of halogens is 2. The second-order valence-electron chi connectivity index (χ2n) is 11.1. The fourth-order valence-electron chi connectivity index (χ4n) is 5.15. The minimum absolute atomic E-state index is 0.0456. The van der Waals surface area contributed by atoms with Crippen molar-refractivity contribution in [2.24, 2.45) is 0 Å². The molecule has 47 heavy (non-hydrogen) atoms. The molecule has 5 rings (SSSR count). The lowest BCUT2D eigenvalue weighted by Crippen LogP contribution is -2.52. The van der Waals surface area contributed by atoms with Gasteiger partial charge in [-0.2, -0.15) is 0 Å². The van der Waals surface area contributed by atoms with Crippen molar-refractivity contribution in [3.63, 3.8) is 0 Å². The maximum Gasteiger partial charge on any atom is 0.261 e. The Labute approximate surface area is 278 Å². The molecule has 0 aromatic heterocycles. The molecule has 246 valence electrons. The molecule has 2 atom stereocenters. The molecule has 0 bridgehead atoms. The summed E-state index contributed by atoms with van der Waals surface area (Å²) in [6.07, 6.45) is 1.99. The minimum Gasteiger partial charge on any atom is -0.484 e. The van der Waals surface area contributed by atoms with Crippen molar-refractivity contribution >= 4 is 39.1 Å². The van der Waals surface area contributed by atoms with Gasteiger partial charge in [-0.3, -0.25) is 14.3 Å². The van der Waals surface area contributed by atoms with Crippen LogP contribution in [0.4, 0.5) is 10.1 Å². The molecule has 2 unspecified atom stereocenters. The van der Waals surface area contributed by atoms with Crippen molar-refractivity contribution < 1.29 is 31.9 Å². The largest absolute Gasteiger partial charge is 0.484 e. The molecule has 0 aliphatic carbocycles. The van der Waals surface area contributed by atoms with Crippen molar-refractivity contribution in [3.05, 3.63) is 125 Å². The lowest BCUT2D eigenvalue weighted by atomic mass is 10.0. The van der Waals surface area contributed by atoms with Crippen molar-refractivity contribution in [1.29, 1.82) is 0 Å². The van der Waals surface area contributed by atoms with Crippen LogP contribution in [0.2, 0.25) is 5.02 Å². The molecular weight excluding hydrogens is 645 g/mol. The molecule has 2 amide bonds. The zero-order chi connectivity index (χ0) is 33.2. The number of ether oxygens (including phenoxy) is 2. The van der Waals surface area contributed by atoms with Crippen LogP contribution in [0.3, 0.4) is 0 Å². The average molecular weight is 680 g/mol. The van der Waals surface area contributed by atoms with Gasteiger partial charge in [0.15, 0.2) is 6.61 Å². The number of anilines is 1. The van der Waals surface area contributed by atoms with Gasteiger partial charge in [-0.25, -0.2) is 12.8 Å². The van der Waals surface area contributed by atoms with Gasteiger partial charge in [0.25, 0.3) is 15.9 Å². The topological polar surface area (TPSA) is 114 Å². The standard InChI is InChI=1S/C35H35ClFN3O6S/c36-27-10-8-26(9-11-27)23-40(33(21-25-5-2-1-3-6-25)35(42)38-22-31-7-4-20-45-31)34(41)24-46-30-16-18-32(19-17-30)47(43,44)39-29-14-12-28(37)13-15-29/h1-3,5-6,8-19,31,33,39H,4,7,20-24H2,(H,38,42). The van der Waals surface area contributed by atoms with Crippen molar-refractivity contribution in [2.75, 3.05) is 24.5 Å². The van der Waals surface area contributed by atoms with Gasteiger partial charge >= 0.3 is 0 Å². The number of hydrogen-bond acceptors (Lipinski definition) is 6. The Balaban J connectivity index is 1.32. The van der Waals surface area contributed by atoms with Crippen molar-refractivity contribution in [2.45, 2.75) is 42.8 Å². The van der Waals surface area contributed by atoms with Crippen LogP contribution in [0.25, 0.3) is 0 Å². The third kappa shape index (κ3) is 9.77. The van der Waals surface area contributed by atoms with E-state index < -0.39 is 34.4 Å². The average Bonchev–Trinajstić information content (AvgIpc) is 3.60. The molecule has 12 heteroatoms. The number of hydrogen-bond donors (Lipinski definition) is 2. The molecule has 1 aliphatic heterocycles. The van der Waals surface area contributed by atoms with Gasteiger partial charge in [-0.05, 0) is 84.6 Å². The third-order valence-corrected chi connectivity index (χ3v) is 9.31. The van der Waals surface area contributed by atoms with Crippen LogP contribution in [-0.2, 0) is 37.3 Å². The first kappa shape index (κ1) is 33.9. The summed E-state index contributed by atoms with van der Waals surface area (Å²) in [5.41, 5.74) is 1.87. The number of sulfonamides is 1. The monoisotopic (exact) mass is 679 g/mol. The molecule has 0 saturated carbocycles. The molecule has 1 saturated heterocycles. The van der Waals surface area contributed by atoms with E-state index in [0.29, 0.717) is 18.2 Å². The zero-order valence-electron chi connectivity index (χ0n) is 25.5. The minimum atomic E-state index is -3.95. The van der Waals surface area contributed by atoms with Crippen LogP contribution in [0.15, 0.2) is 108 Å². The number of nitrogens with zero attached hydrogens (tertiary/aromatic N) is 1. The predicted octanol–water partition coefficient (Wildman–Crippen LogP) is 5.59. The second kappa shape index (κ2) is 15.9. The first-order chi connectivity index (χ1) is 22.7. The van der Waals surface area contributed by atoms with Gasteiger partial charge in [0.05, 0.1) is 11.0 Å². The van der Waals surface area contributed by atoms with Crippen LogP contribution < -0.4 is 14.8 Å². The van der Waals surface area contributed by atoms with Crippen LogP contribution in [0.1, 0.15) is 24.0 Å². The fraction of sp³-hybridized carbons (Fsp3) is 0.257. The Hall–Kier alpha value is -4.45. The van der Waals surface area contributed by atoms with Crippen molar-refractivity contribution in [3.8, 4) is 5.75 Å². The number of benzene rings is 4. The SMILES string of the molecule is O=C(NCC1CCCO1)C(Cc1ccccc1)N(Cc1ccc(Cl)cc1)C(=O)COc1ccc(S(=O)(=O)Nc2ccc(F)cc2)cc1. The molecule has 1 heterocycles. The Morgan fingerprint density at radius 2 is 1.64 bits per heavy atom. The molecule has 4 aromatic carbocycles. The Bertz CT molecular complexity index is 1740. The van der Waals surface area contributed by atoms with E-state index >= 15 is 0 Å². The highest BCUT2D eigenvalue weighted by Gasteiger charge is 2.31. The lowest BCUT2D eigenvalue weighted by Gasteiger charge is -2.31. The maximum atomic E-state index is 13.9. The summed E-state index contributed by atoms with van der Waals surface area (Å²) in [7, 11) is -3.95. The van der Waals surface area contributed by atoms with E-state index in [0.717, 1.165) is 36.1 Å². The van der Waals surface area contributed by atoms with E-state index in [4.69, 9.17) is 21.1 Å². The summed E-state index contributed by atoms with van der Waals surface area (Å²) < 4.78 is 52.7. The quantitative estimate of drug-likeness (QED) is 0.180. The molecular formula is C35H35ClFN3O6S. The van der Waals surface area contributed by atoms with E-state index in [1.807, 2.05) is 30.3 Å². The van der Waals surface area contributed by atoms with Gasteiger partial charge in [0.2, 0.25) is 5.91 Å². The summed E-state index contributed by atoms with van der Waals surface area (Å²) in [6.45, 7) is 0.716. The Morgan fingerprint density at radius 1 is 0.936 bits per heavy atom. The van der Waals surface area contributed by atoms with E-state index in [-0.39, 0.29) is 41.3 Å². The second-order valence-corrected chi connectivity index (χ2v) is 13.2. The normalized spacial score (nSPS) is 15.1. The zero-order valence-corrected chi connectivity index (χ0v) is 27.1. The number of carbonyl (C=O) groups excluding carboxylic acids is 2. The van der Waals surface area contributed by atoms with Crippen LogP contribution >= 0.6 is 11.6 Å². The first-order valence-corrected chi connectivity index (χ1v) is 17.0. The highest BCUT2D eigenvalue weighted by molar-refractivity contribution is 7.92. The van der Waals surface area contributed by atoms with Gasteiger partial charge in [0, 0.05) is 36.8 Å². The smallest absolute Gasteiger partial charge is 0.261 e. The van der Waals surface area contributed by atoms with Crippen LogP contribution in [-0.4, -0.2) is 57.0 Å². The summed E-state index contributed by atoms with van der Waals surface area (Å²) >= 11 is 6.11. The summed E-state index contributed by atoms with van der Waals surface area (Å²) in [5, 5.41) is 3.53. The molecule has 2 N–H and O–H groups in total. The lowest BCUT2D eigenvalue weighted by molar-refractivity contribution is -0.143. The van der Waals surface area contributed by atoms with E-state index in [9.17, 15) is 22.4 Å². The van der Waals surface area contributed by atoms with Crippen LogP contribution in [0.5, 0.6) is 5.75 Å². The predicted molar refractivity (Wildman–Crippen MR) is 177 cm³/mol. The highest BCUT2D eigenvalue weighted by Crippen LogP contribution is 2.21. The molecule has 1 aliphatic rings. The number of rotatable bonds is 14. The van der Waals surface area contributed by atoms with Crippen LogP contribution in [0, 0.1) is 5.82 Å². The van der Waals surface area contributed by atoms with Gasteiger partial charge in [0.1, 0.15) is 17.6 Å². The first-order valence-electron chi connectivity index (χ1n) is 15.1. The van der Waals surface area contributed by atoms with E-state index in [1.54, 1.807) is 24.3 Å². The van der Waals surface area contributed by atoms with E-state index in [1.165, 1.54) is 41.3 Å². The van der Waals surface area contributed by atoms with Gasteiger partial charge in [-0.15, -0.1) is 0 Å². The molecule has 0 spiro atoms. The van der Waals surface area contributed by atoms with Crippen molar-refractivity contribution in [1.82, 2.24) is 10.2 Å². The molecule has 9 nitrogen and oxygen atoms in total. The summed E-state index contributed by atoms with van der Waals surface area (Å²) in [5.74, 6) is -0.980. The highest BCUT2D eigenvalue weighted by atomic mass is 35.5. The summed E-state index contributed by atoms with van der Waals surface area (Å²) in [4.78, 5) is 29.1. The maximum absolute atomic E-state index is 13.9. The number of carbonyl (C=O) groups is 2. The Kier molecular flexibility index (Phi) is 11.5. The van der Waals surface area contributed by atoms with E-state index in [2.05, 4.69) is 10.0 Å². The Morgan fingerprint density at radius 3 is 2.30 bits per heavy atom. The number of amides is 2. The molecule has 4 aromatic rings. The van der Waals surface area contributed by atoms with Gasteiger partial charge in [-0.1, -0.05) is 54.1 Å². The molecule has 0 radical (unpaired) electrons. The number of nitrogens with one attached hydrogen (secondary N) is 2. The third-order valence-electron chi connectivity index (χ3n) is 7.66. The fourth-order valence-corrected chi connectivity index (χ4v) is 6.34. The summed E-state index contributed by atoms with van der Waals surface area (Å²) in [6, 6.07) is 26.1. The van der Waals surface area contributed by atoms with Gasteiger partial charge < -0.3 is 19.7 Å². The molecule has 1 fully saturated rings.